The van der Waals surface area contributed by atoms with Crippen molar-refractivity contribution in [2.24, 2.45) is 17.8 Å². The van der Waals surface area contributed by atoms with E-state index in [0.717, 1.165) is 11.8 Å². The molecule has 16 heavy (non-hydrogen) atoms. The van der Waals surface area contributed by atoms with E-state index < -0.39 is 0 Å². The summed E-state index contributed by atoms with van der Waals surface area (Å²) in [5, 5.41) is 9.03. The van der Waals surface area contributed by atoms with Crippen LogP contribution in [-0.4, -0.2) is 35.6 Å². The van der Waals surface area contributed by atoms with Crippen LogP contribution in [0.5, 0.6) is 0 Å². The number of hydrogen-bond acceptors (Lipinski definition) is 2. The summed E-state index contributed by atoms with van der Waals surface area (Å²) < 4.78 is 0. The smallest absolute Gasteiger partial charge is 0.222 e. The number of amides is 1. The second kappa shape index (κ2) is 4.74. The van der Waals surface area contributed by atoms with E-state index in [9.17, 15) is 4.79 Å². The van der Waals surface area contributed by atoms with Gasteiger partial charge < -0.3 is 10.0 Å². The van der Waals surface area contributed by atoms with E-state index in [4.69, 9.17) is 5.11 Å². The molecule has 4 unspecified atom stereocenters. The number of aliphatic hydroxyl groups excluding tert-OH is 1. The first kappa shape index (κ1) is 11.9. The molecule has 2 rings (SSSR count). The maximum Gasteiger partial charge on any atom is 0.222 e. The predicted molar refractivity (Wildman–Crippen MR) is 62.9 cm³/mol. The first-order valence-electron chi connectivity index (χ1n) is 6.48. The van der Waals surface area contributed by atoms with Crippen LogP contribution < -0.4 is 0 Å². The van der Waals surface area contributed by atoms with Crippen LogP contribution in [0.4, 0.5) is 0 Å². The highest BCUT2D eigenvalue weighted by atomic mass is 16.3. The lowest BCUT2D eigenvalue weighted by Gasteiger charge is -2.27. The van der Waals surface area contributed by atoms with Gasteiger partial charge in [0.05, 0.1) is 12.6 Å². The van der Waals surface area contributed by atoms with Crippen LogP contribution in [0.25, 0.3) is 0 Å². The third kappa shape index (κ3) is 2.24. The van der Waals surface area contributed by atoms with Gasteiger partial charge in [0.2, 0.25) is 5.91 Å². The molecule has 3 heteroatoms. The van der Waals surface area contributed by atoms with E-state index >= 15 is 0 Å². The van der Waals surface area contributed by atoms with Crippen LogP contribution in [0.15, 0.2) is 0 Å². The van der Waals surface area contributed by atoms with Crippen molar-refractivity contribution in [2.75, 3.05) is 13.7 Å². The molecule has 0 saturated heterocycles. The van der Waals surface area contributed by atoms with Gasteiger partial charge in [-0.1, -0.05) is 6.42 Å². The Kier molecular flexibility index (Phi) is 3.53. The summed E-state index contributed by atoms with van der Waals surface area (Å²) in [4.78, 5) is 13.7. The van der Waals surface area contributed by atoms with Crippen LogP contribution in [0.1, 0.15) is 39.0 Å². The van der Waals surface area contributed by atoms with Gasteiger partial charge in [0.15, 0.2) is 0 Å². The SMILES string of the molecule is CC(CO)N(C)C(=O)CC1CC2CCC1C2. The summed E-state index contributed by atoms with van der Waals surface area (Å²) in [6, 6.07) is -0.0499. The molecule has 0 aromatic rings. The lowest BCUT2D eigenvalue weighted by Crippen LogP contribution is -2.38. The standard InChI is InChI=1S/C13H23NO2/c1-9(8-15)14(2)13(16)7-12-6-10-3-4-11(12)5-10/h9-12,15H,3-8H2,1-2H3. The number of nitrogens with zero attached hydrogens (tertiary/aromatic N) is 1. The average molecular weight is 225 g/mol. The summed E-state index contributed by atoms with van der Waals surface area (Å²) in [6.07, 6.45) is 6.04. The van der Waals surface area contributed by atoms with E-state index in [0.29, 0.717) is 12.3 Å². The van der Waals surface area contributed by atoms with E-state index in [1.807, 2.05) is 6.92 Å². The average Bonchev–Trinajstić information content (AvgIpc) is 2.88. The lowest BCUT2D eigenvalue weighted by atomic mass is 9.86. The molecule has 0 spiro atoms. The fourth-order valence-corrected chi connectivity index (χ4v) is 3.36. The number of hydrogen-bond donors (Lipinski definition) is 1. The zero-order valence-corrected chi connectivity index (χ0v) is 10.4. The zero-order chi connectivity index (χ0) is 11.7. The molecular weight excluding hydrogens is 202 g/mol. The molecule has 0 aliphatic heterocycles. The van der Waals surface area contributed by atoms with Crippen molar-refractivity contribution in [3.63, 3.8) is 0 Å². The number of aliphatic hydroxyl groups is 1. The molecule has 1 N–H and O–H groups in total. The molecule has 0 aromatic heterocycles. The van der Waals surface area contributed by atoms with Gasteiger partial charge in [-0.25, -0.2) is 0 Å². The number of carbonyl (C=O) groups excluding carboxylic acids is 1. The Hall–Kier alpha value is -0.570. The minimum absolute atomic E-state index is 0.0499. The molecule has 1 amide bonds. The van der Waals surface area contributed by atoms with Gasteiger partial charge in [-0.15, -0.1) is 0 Å². The Morgan fingerprint density at radius 1 is 1.44 bits per heavy atom. The highest BCUT2D eigenvalue weighted by molar-refractivity contribution is 5.76. The zero-order valence-electron chi connectivity index (χ0n) is 10.4. The third-order valence-electron chi connectivity index (χ3n) is 4.64. The minimum Gasteiger partial charge on any atom is -0.394 e. The molecule has 2 bridgehead atoms. The van der Waals surface area contributed by atoms with Crippen molar-refractivity contribution < 1.29 is 9.90 Å². The number of rotatable bonds is 4. The number of fused-ring (bicyclic) bond motifs is 2. The fraction of sp³-hybridized carbons (Fsp3) is 0.923. The molecule has 2 aliphatic rings. The third-order valence-corrected chi connectivity index (χ3v) is 4.64. The summed E-state index contributed by atoms with van der Waals surface area (Å²) in [7, 11) is 1.80. The van der Waals surface area contributed by atoms with Crippen LogP contribution in [0.3, 0.4) is 0 Å². The lowest BCUT2D eigenvalue weighted by molar-refractivity contribution is -0.133. The molecule has 4 atom stereocenters. The fourth-order valence-electron chi connectivity index (χ4n) is 3.36. The number of likely N-dealkylation sites (N-methyl/N-ethyl adjacent to an activating group) is 1. The minimum atomic E-state index is -0.0499. The van der Waals surface area contributed by atoms with Gasteiger partial charge in [0.25, 0.3) is 0 Å². The maximum atomic E-state index is 12.0. The van der Waals surface area contributed by atoms with Crippen LogP contribution in [0.2, 0.25) is 0 Å². The van der Waals surface area contributed by atoms with Gasteiger partial charge in [0, 0.05) is 13.5 Å². The van der Waals surface area contributed by atoms with Crippen molar-refractivity contribution in [3.05, 3.63) is 0 Å². The van der Waals surface area contributed by atoms with E-state index in [1.165, 1.54) is 25.7 Å². The van der Waals surface area contributed by atoms with Gasteiger partial charge in [0.1, 0.15) is 0 Å². The Morgan fingerprint density at radius 3 is 2.69 bits per heavy atom. The van der Waals surface area contributed by atoms with Crippen LogP contribution in [-0.2, 0) is 4.79 Å². The molecule has 3 nitrogen and oxygen atoms in total. The Bertz CT molecular complexity index is 267. The van der Waals surface area contributed by atoms with Crippen molar-refractivity contribution >= 4 is 5.91 Å². The van der Waals surface area contributed by atoms with Gasteiger partial charge in [-0.05, 0) is 43.9 Å². The van der Waals surface area contributed by atoms with Crippen molar-refractivity contribution in [2.45, 2.75) is 45.1 Å². The van der Waals surface area contributed by atoms with Crippen molar-refractivity contribution in [1.29, 1.82) is 0 Å². The summed E-state index contributed by atoms with van der Waals surface area (Å²) in [5.41, 5.74) is 0. The maximum absolute atomic E-state index is 12.0. The molecule has 2 fully saturated rings. The van der Waals surface area contributed by atoms with E-state index in [2.05, 4.69) is 0 Å². The first-order valence-corrected chi connectivity index (χ1v) is 6.48. The van der Waals surface area contributed by atoms with E-state index in [-0.39, 0.29) is 18.6 Å². The molecule has 92 valence electrons. The second-order valence-corrected chi connectivity index (χ2v) is 5.68. The molecular formula is C13H23NO2. The highest BCUT2D eigenvalue weighted by Crippen LogP contribution is 2.49. The van der Waals surface area contributed by atoms with Crippen LogP contribution >= 0.6 is 0 Å². The molecule has 2 aliphatic carbocycles. The highest BCUT2D eigenvalue weighted by Gasteiger charge is 2.40. The summed E-state index contributed by atoms with van der Waals surface area (Å²) in [6.45, 7) is 1.94. The van der Waals surface area contributed by atoms with Crippen molar-refractivity contribution in [3.8, 4) is 0 Å². The second-order valence-electron chi connectivity index (χ2n) is 5.68. The Balaban J connectivity index is 1.83. The normalized spacial score (nSPS) is 34.1. The number of carbonyl (C=O) groups is 1. The van der Waals surface area contributed by atoms with Gasteiger partial charge in [-0.3, -0.25) is 4.79 Å². The van der Waals surface area contributed by atoms with Crippen LogP contribution in [0, 0.1) is 17.8 Å². The largest absolute Gasteiger partial charge is 0.394 e. The summed E-state index contributed by atoms with van der Waals surface area (Å²) in [5.74, 6) is 2.55. The first-order chi connectivity index (χ1) is 7.61. The quantitative estimate of drug-likeness (QED) is 0.790. The van der Waals surface area contributed by atoms with E-state index in [1.54, 1.807) is 11.9 Å². The Morgan fingerprint density at radius 2 is 2.19 bits per heavy atom. The molecule has 0 aromatic carbocycles. The van der Waals surface area contributed by atoms with Gasteiger partial charge in [-0.2, -0.15) is 0 Å². The van der Waals surface area contributed by atoms with Crippen molar-refractivity contribution in [1.82, 2.24) is 4.90 Å². The van der Waals surface area contributed by atoms with Gasteiger partial charge >= 0.3 is 0 Å². The predicted octanol–water partition coefficient (Wildman–Crippen LogP) is 1.65. The summed E-state index contributed by atoms with van der Waals surface area (Å²) >= 11 is 0. The molecule has 2 saturated carbocycles. The Labute approximate surface area is 97.8 Å². The molecule has 0 radical (unpaired) electrons. The monoisotopic (exact) mass is 225 g/mol. The molecule has 0 heterocycles. The topological polar surface area (TPSA) is 40.5 Å².